The molecule has 3 N–H and O–H groups in total. The lowest BCUT2D eigenvalue weighted by molar-refractivity contribution is -0.119. The van der Waals surface area contributed by atoms with E-state index >= 15 is 0 Å². The number of rotatable bonds is 5. The molecular weight excluding hydrogens is 302 g/mol. The predicted molar refractivity (Wildman–Crippen MR) is 81.7 cm³/mol. The molecule has 0 heterocycles. The number of benzene rings is 2. The molecule has 0 aliphatic carbocycles. The average Bonchev–Trinajstić information content (AvgIpc) is 2.51. The van der Waals surface area contributed by atoms with Crippen molar-refractivity contribution in [3.8, 4) is 0 Å². The van der Waals surface area contributed by atoms with Gasteiger partial charge in [0.05, 0.1) is 5.56 Å². The molecule has 0 fully saturated rings. The number of primary amides is 1. The average molecular weight is 318 g/mol. The van der Waals surface area contributed by atoms with Gasteiger partial charge in [-0.2, -0.15) is 0 Å². The van der Waals surface area contributed by atoms with Crippen LogP contribution in [0.25, 0.3) is 0 Å². The Morgan fingerprint density at radius 1 is 1.13 bits per heavy atom. The minimum atomic E-state index is -1.26. The molecule has 0 unspecified atom stereocenters. The van der Waals surface area contributed by atoms with Crippen LogP contribution in [0, 0.1) is 18.6 Å². The highest BCUT2D eigenvalue weighted by molar-refractivity contribution is 5.97. The van der Waals surface area contributed by atoms with Crippen molar-refractivity contribution in [2.45, 2.75) is 19.4 Å². The molecule has 0 bridgehead atoms. The van der Waals surface area contributed by atoms with E-state index in [1.54, 1.807) is 12.1 Å². The summed E-state index contributed by atoms with van der Waals surface area (Å²) in [6.07, 6.45) is 0.171. The van der Waals surface area contributed by atoms with Crippen molar-refractivity contribution >= 4 is 11.8 Å². The zero-order valence-electron chi connectivity index (χ0n) is 12.5. The zero-order chi connectivity index (χ0) is 17.0. The van der Waals surface area contributed by atoms with Gasteiger partial charge in [-0.15, -0.1) is 0 Å². The van der Waals surface area contributed by atoms with Crippen LogP contribution in [-0.2, 0) is 11.2 Å². The van der Waals surface area contributed by atoms with Crippen molar-refractivity contribution in [1.82, 2.24) is 5.32 Å². The van der Waals surface area contributed by atoms with Crippen LogP contribution >= 0.6 is 0 Å². The van der Waals surface area contributed by atoms with Gasteiger partial charge in [0.25, 0.3) is 5.91 Å². The van der Waals surface area contributed by atoms with Crippen molar-refractivity contribution in [2.24, 2.45) is 5.73 Å². The SMILES string of the molecule is Cc1ccccc1C[C@H](NC(=O)c1cccc(F)c1F)C(N)=O. The number of nitrogens with two attached hydrogens (primary N) is 1. The van der Waals surface area contributed by atoms with Crippen molar-refractivity contribution in [2.75, 3.05) is 0 Å². The highest BCUT2D eigenvalue weighted by atomic mass is 19.2. The molecule has 2 aromatic rings. The first-order valence-electron chi connectivity index (χ1n) is 6.99. The van der Waals surface area contributed by atoms with E-state index in [-0.39, 0.29) is 6.42 Å². The molecular formula is C17H16F2N2O2. The number of halogens is 2. The smallest absolute Gasteiger partial charge is 0.255 e. The van der Waals surface area contributed by atoms with Crippen LogP contribution in [-0.4, -0.2) is 17.9 Å². The van der Waals surface area contributed by atoms with Crippen LogP contribution in [0.4, 0.5) is 8.78 Å². The Bertz CT molecular complexity index is 747. The molecule has 6 heteroatoms. The van der Waals surface area contributed by atoms with E-state index in [0.29, 0.717) is 0 Å². The second kappa shape index (κ2) is 7.00. The van der Waals surface area contributed by atoms with Crippen LogP contribution in [0.5, 0.6) is 0 Å². The standard InChI is InChI=1S/C17H16F2N2O2/c1-10-5-2-3-6-11(10)9-14(16(20)22)21-17(23)12-7-4-8-13(18)15(12)19/h2-8,14H,9H2,1H3,(H2,20,22)(H,21,23)/t14-/m0/s1. The maximum Gasteiger partial charge on any atom is 0.255 e. The van der Waals surface area contributed by atoms with Gasteiger partial charge in [0.15, 0.2) is 11.6 Å². The second-order valence-corrected chi connectivity index (χ2v) is 5.16. The van der Waals surface area contributed by atoms with E-state index in [4.69, 9.17) is 5.73 Å². The number of carbonyl (C=O) groups is 2. The van der Waals surface area contributed by atoms with Crippen LogP contribution in [0.15, 0.2) is 42.5 Å². The second-order valence-electron chi connectivity index (χ2n) is 5.16. The van der Waals surface area contributed by atoms with E-state index in [2.05, 4.69) is 5.32 Å². The van der Waals surface area contributed by atoms with Gasteiger partial charge in [0.2, 0.25) is 5.91 Å². The minimum absolute atomic E-state index is 0.171. The first-order valence-corrected chi connectivity index (χ1v) is 6.99. The molecule has 0 radical (unpaired) electrons. The third-order valence-corrected chi connectivity index (χ3v) is 3.53. The summed E-state index contributed by atoms with van der Waals surface area (Å²) in [7, 11) is 0. The van der Waals surface area contributed by atoms with Crippen LogP contribution in [0.3, 0.4) is 0 Å². The van der Waals surface area contributed by atoms with Crippen molar-refractivity contribution in [3.63, 3.8) is 0 Å². The fourth-order valence-corrected chi connectivity index (χ4v) is 2.20. The lowest BCUT2D eigenvalue weighted by atomic mass is 10.0. The number of amides is 2. The van der Waals surface area contributed by atoms with E-state index in [0.717, 1.165) is 23.3 Å². The first-order chi connectivity index (χ1) is 10.9. The molecule has 0 aliphatic rings. The molecule has 2 aromatic carbocycles. The number of hydrogen-bond donors (Lipinski definition) is 2. The summed E-state index contributed by atoms with van der Waals surface area (Å²) in [4.78, 5) is 23.7. The van der Waals surface area contributed by atoms with E-state index in [9.17, 15) is 18.4 Å². The summed E-state index contributed by atoms with van der Waals surface area (Å²) in [5.41, 5.74) is 6.60. The Morgan fingerprint density at radius 3 is 2.48 bits per heavy atom. The summed E-state index contributed by atoms with van der Waals surface area (Å²) in [6.45, 7) is 1.86. The summed E-state index contributed by atoms with van der Waals surface area (Å²) < 4.78 is 26.8. The molecule has 0 saturated carbocycles. The molecule has 23 heavy (non-hydrogen) atoms. The molecule has 120 valence electrons. The Morgan fingerprint density at radius 2 is 1.83 bits per heavy atom. The monoisotopic (exact) mass is 318 g/mol. The molecule has 1 atom stereocenters. The maximum absolute atomic E-state index is 13.6. The maximum atomic E-state index is 13.6. The lowest BCUT2D eigenvalue weighted by Crippen LogP contribution is -2.46. The largest absolute Gasteiger partial charge is 0.368 e. The summed E-state index contributed by atoms with van der Waals surface area (Å²) in [5.74, 6) is -4.03. The highest BCUT2D eigenvalue weighted by Gasteiger charge is 2.22. The van der Waals surface area contributed by atoms with Crippen molar-refractivity contribution in [1.29, 1.82) is 0 Å². The topological polar surface area (TPSA) is 72.2 Å². The molecule has 4 nitrogen and oxygen atoms in total. The number of aryl methyl sites for hydroxylation is 1. The molecule has 2 amide bonds. The fourth-order valence-electron chi connectivity index (χ4n) is 2.20. The van der Waals surface area contributed by atoms with E-state index < -0.39 is 35.1 Å². The van der Waals surface area contributed by atoms with Crippen LogP contribution in [0.1, 0.15) is 21.5 Å². The Labute approximate surface area is 132 Å². The van der Waals surface area contributed by atoms with Gasteiger partial charge in [0.1, 0.15) is 6.04 Å². The third-order valence-electron chi connectivity index (χ3n) is 3.53. The third kappa shape index (κ3) is 3.91. The minimum Gasteiger partial charge on any atom is -0.368 e. The predicted octanol–water partition coefficient (Wildman–Crippen LogP) is 2.10. The quantitative estimate of drug-likeness (QED) is 0.886. The number of hydrogen-bond acceptors (Lipinski definition) is 2. The van der Waals surface area contributed by atoms with E-state index in [1.807, 2.05) is 19.1 Å². The first kappa shape index (κ1) is 16.6. The normalized spacial score (nSPS) is 11.8. The van der Waals surface area contributed by atoms with Crippen molar-refractivity contribution < 1.29 is 18.4 Å². The Kier molecular flexibility index (Phi) is 5.05. The summed E-state index contributed by atoms with van der Waals surface area (Å²) in [6, 6.07) is 9.55. The van der Waals surface area contributed by atoms with Gasteiger partial charge in [-0.25, -0.2) is 8.78 Å². The molecule has 2 rings (SSSR count). The van der Waals surface area contributed by atoms with Crippen molar-refractivity contribution in [3.05, 3.63) is 70.8 Å². The molecule has 0 spiro atoms. The van der Waals surface area contributed by atoms with Crippen LogP contribution < -0.4 is 11.1 Å². The van der Waals surface area contributed by atoms with Gasteiger partial charge in [-0.3, -0.25) is 9.59 Å². The Hall–Kier alpha value is -2.76. The van der Waals surface area contributed by atoms with Gasteiger partial charge >= 0.3 is 0 Å². The van der Waals surface area contributed by atoms with Gasteiger partial charge in [-0.05, 0) is 30.2 Å². The van der Waals surface area contributed by atoms with Crippen LogP contribution in [0.2, 0.25) is 0 Å². The zero-order valence-corrected chi connectivity index (χ0v) is 12.5. The fraction of sp³-hybridized carbons (Fsp3) is 0.176. The van der Waals surface area contributed by atoms with Gasteiger partial charge < -0.3 is 11.1 Å². The summed E-state index contributed by atoms with van der Waals surface area (Å²) >= 11 is 0. The van der Waals surface area contributed by atoms with Gasteiger partial charge in [0, 0.05) is 6.42 Å². The summed E-state index contributed by atoms with van der Waals surface area (Å²) in [5, 5.41) is 2.36. The van der Waals surface area contributed by atoms with Gasteiger partial charge in [-0.1, -0.05) is 30.3 Å². The lowest BCUT2D eigenvalue weighted by Gasteiger charge is -2.17. The number of nitrogens with one attached hydrogen (secondary N) is 1. The molecule has 0 saturated heterocycles. The molecule has 0 aromatic heterocycles. The highest BCUT2D eigenvalue weighted by Crippen LogP contribution is 2.13. The van der Waals surface area contributed by atoms with E-state index in [1.165, 1.54) is 6.07 Å². The Balaban J connectivity index is 2.20. The molecule has 0 aliphatic heterocycles. The number of carbonyl (C=O) groups excluding carboxylic acids is 2.